The summed E-state index contributed by atoms with van der Waals surface area (Å²) < 4.78 is 5.42. The summed E-state index contributed by atoms with van der Waals surface area (Å²) in [5.74, 6) is -0.830. The number of aliphatic carboxylic acids is 1. The second-order valence-electron chi connectivity index (χ2n) is 4.29. The van der Waals surface area contributed by atoms with Crippen LogP contribution in [0.15, 0.2) is 18.5 Å². The molecule has 1 aliphatic heterocycles. The van der Waals surface area contributed by atoms with Crippen molar-refractivity contribution in [2.24, 2.45) is 0 Å². The molecule has 18 heavy (non-hydrogen) atoms. The first-order valence-electron chi connectivity index (χ1n) is 5.79. The number of carboxylic acid groups (broad SMARTS) is 1. The minimum atomic E-state index is -0.830. The molecule has 6 heteroatoms. The molecule has 1 atom stereocenters. The maximum absolute atomic E-state index is 10.7. The number of hydrogen-bond acceptors (Lipinski definition) is 4. The SMILES string of the molecule is O=C(O)CC1CN(Cc2ccncc2Cl)CCO1. The molecule has 1 saturated heterocycles. The zero-order valence-corrected chi connectivity index (χ0v) is 10.6. The number of halogens is 1. The van der Waals surface area contributed by atoms with Crippen LogP contribution >= 0.6 is 11.6 Å². The average Bonchev–Trinajstić information content (AvgIpc) is 2.32. The lowest BCUT2D eigenvalue weighted by atomic mass is 10.2. The predicted octanol–water partition coefficient (Wildman–Crippen LogP) is 1.41. The number of pyridine rings is 1. The van der Waals surface area contributed by atoms with Crippen LogP contribution in [0.1, 0.15) is 12.0 Å². The number of ether oxygens (including phenoxy) is 1. The maximum Gasteiger partial charge on any atom is 0.306 e. The number of rotatable bonds is 4. The third-order valence-corrected chi connectivity index (χ3v) is 3.22. The van der Waals surface area contributed by atoms with Crippen molar-refractivity contribution in [2.75, 3.05) is 19.7 Å². The van der Waals surface area contributed by atoms with Crippen LogP contribution in [0.25, 0.3) is 0 Å². The van der Waals surface area contributed by atoms with E-state index >= 15 is 0 Å². The Kier molecular flexibility index (Phi) is 4.52. The quantitative estimate of drug-likeness (QED) is 0.896. The number of carboxylic acids is 1. The molecule has 0 bridgehead atoms. The summed E-state index contributed by atoms with van der Waals surface area (Å²) in [4.78, 5) is 16.7. The third-order valence-electron chi connectivity index (χ3n) is 2.88. The van der Waals surface area contributed by atoms with Gasteiger partial charge in [0.25, 0.3) is 0 Å². The van der Waals surface area contributed by atoms with Gasteiger partial charge < -0.3 is 9.84 Å². The number of morpholine rings is 1. The van der Waals surface area contributed by atoms with Crippen molar-refractivity contribution >= 4 is 17.6 Å². The van der Waals surface area contributed by atoms with Crippen molar-refractivity contribution in [3.8, 4) is 0 Å². The van der Waals surface area contributed by atoms with E-state index in [2.05, 4.69) is 9.88 Å². The number of hydrogen-bond donors (Lipinski definition) is 1. The van der Waals surface area contributed by atoms with E-state index in [4.69, 9.17) is 21.4 Å². The summed E-state index contributed by atoms with van der Waals surface area (Å²) in [5, 5.41) is 9.40. The van der Waals surface area contributed by atoms with Gasteiger partial charge in [-0.15, -0.1) is 0 Å². The van der Waals surface area contributed by atoms with Gasteiger partial charge in [-0.25, -0.2) is 0 Å². The molecule has 0 amide bonds. The Labute approximate surface area is 110 Å². The number of carbonyl (C=O) groups is 1. The molecule has 1 fully saturated rings. The van der Waals surface area contributed by atoms with Crippen molar-refractivity contribution in [1.29, 1.82) is 0 Å². The van der Waals surface area contributed by atoms with Crippen LogP contribution in [-0.2, 0) is 16.1 Å². The van der Waals surface area contributed by atoms with E-state index in [1.54, 1.807) is 12.4 Å². The van der Waals surface area contributed by atoms with Gasteiger partial charge in [-0.3, -0.25) is 14.7 Å². The minimum absolute atomic E-state index is 0.0422. The van der Waals surface area contributed by atoms with Gasteiger partial charge in [0.05, 0.1) is 24.2 Å². The molecule has 98 valence electrons. The predicted molar refractivity (Wildman–Crippen MR) is 66.5 cm³/mol. The summed E-state index contributed by atoms with van der Waals surface area (Å²) in [6, 6.07) is 1.88. The third kappa shape index (κ3) is 3.66. The lowest BCUT2D eigenvalue weighted by Gasteiger charge is -2.32. The highest BCUT2D eigenvalue weighted by molar-refractivity contribution is 6.31. The molecule has 1 aromatic heterocycles. The second kappa shape index (κ2) is 6.13. The van der Waals surface area contributed by atoms with Crippen LogP contribution in [-0.4, -0.2) is 46.8 Å². The van der Waals surface area contributed by atoms with Gasteiger partial charge in [-0.05, 0) is 11.6 Å². The van der Waals surface area contributed by atoms with Gasteiger partial charge in [0.15, 0.2) is 0 Å². The molecule has 1 unspecified atom stereocenters. The smallest absolute Gasteiger partial charge is 0.306 e. The molecule has 1 aliphatic rings. The molecule has 2 heterocycles. The highest BCUT2D eigenvalue weighted by atomic mass is 35.5. The molecule has 2 rings (SSSR count). The molecule has 5 nitrogen and oxygen atoms in total. The Hall–Kier alpha value is -1.17. The second-order valence-corrected chi connectivity index (χ2v) is 4.70. The van der Waals surface area contributed by atoms with Gasteiger partial charge in [0, 0.05) is 32.0 Å². The van der Waals surface area contributed by atoms with Crippen molar-refractivity contribution < 1.29 is 14.6 Å². The normalized spacial score (nSPS) is 20.8. The molecule has 0 aliphatic carbocycles. The Bertz CT molecular complexity index is 428. The van der Waals surface area contributed by atoms with Crippen molar-refractivity contribution in [3.63, 3.8) is 0 Å². The summed E-state index contributed by atoms with van der Waals surface area (Å²) >= 11 is 6.05. The highest BCUT2D eigenvalue weighted by Gasteiger charge is 2.23. The molecule has 0 saturated carbocycles. The number of nitrogens with zero attached hydrogens (tertiary/aromatic N) is 2. The van der Waals surface area contributed by atoms with E-state index < -0.39 is 5.97 Å². The Morgan fingerprint density at radius 2 is 2.50 bits per heavy atom. The fourth-order valence-corrected chi connectivity index (χ4v) is 2.19. The van der Waals surface area contributed by atoms with E-state index in [0.717, 1.165) is 12.1 Å². The van der Waals surface area contributed by atoms with Gasteiger partial charge >= 0.3 is 5.97 Å². The van der Waals surface area contributed by atoms with Gasteiger partial charge in [-0.1, -0.05) is 11.6 Å². The van der Waals surface area contributed by atoms with Crippen LogP contribution < -0.4 is 0 Å². The maximum atomic E-state index is 10.7. The largest absolute Gasteiger partial charge is 0.481 e. The van der Waals surface area contributed by atoms with E-state index in [9.17, 15) is 4.79 Å². The summed E-state index contributed by atoms with van der Waals surface area (Å²) in [7, 11) is 0. The Morgan fingerprint density at radius 1 is 1.67 bits per heavy atom. The fraction of sp³-hybridized carbons (Fsp3) is 0.500. The standard InChI is InChI=1S/C12H15ClN2O3/c13-11-6-14-2-1-9(11)7-15-3-4-18-10(8-15)5-12(16)17/h1-2,6,10H,3-5,7-8H2,(H,16,17). The minimum Gasteiger partial charge on any atom is -0.481 e. The van der Waals surface area contributed by atoms with Gasteiger partial charge in [0.1, 0.15) is 0 Å². The molecule has 0 aromatic carbocycles. The molecule has 0 spiro atoms. The van der Waals surface area contributed by atoms with E-state index in [1.165, 1.54) is 0 Å². The summed E-state index contributed by atoms with van der Waals surface area (Å²) in [6.45, 7) is 2.65. The van der Waals surface area contributed by atoms with Gasteiger partial charge in [-0.2, -0.15) is 0 Å². The van der Waals surface area contributed by atoms with Crippen molar-refractivity contribution in [2.45, 2.75) is 19.1 Å². The average molecular weight is 271 g/mol. The van der Waals surface area contributed by atoms with E-state index in [0.29, 0.717) is 24.7 Å². The zero-order valence-electron chi connectivity index (χ0n) is 9.88. The fourth-order valence-electron chi connectivity index (χ4n) is 2.02. The molecule has 0 radical (unpaired) electrons. The zero-order chi connectivity index (χ0) is 13.0. The molecule has 1 aromatic rings. The van der Waals surface area contributed by atoms with Crippen LogP contribution in [0.2, 0.25) is 5.02 Å². The molecule has 1 N–H and O–H groups in total. The molecular weight excluding hydrogens is 256 g/mol. The Morgan fingerprint density at radius 3 is 3.22 bits per heavy atom. The first kappa shape index (κ1) is 13.3. The highest BCUT2D eigenvalue weighted by Crippen LogP contribution is 2.18. The van der Waals surface area contributed by atoms with E-state index in [1.807, 2.05) is 6.07 Å². The number of aromatic nitrogens is 1. The topological polar surface area (TPSA) is 62.7 Å². The monoisotopic (exact) mass is 270 g/mol. The summed E-state index contributed by atoms with van der Waals surface area (Å²) in [5.41, 5.74) is 1.00. The van der Waals surface area contributed by atoms with Crippen molar-refractivity contribution in [1.82, 2.24) is 9.88 Å². The summed E-state index contributed by atoms with van der Waals surface area (Å²) in [6.07, 6.45) is 3.13. The first-order chi connectivity index (χ1) is 8.65. The Balaban J connectivity index is 1.93. The van der Waals surface area contributed by atoms with Gasteiger partial charge in [0.2, 0.25) is 0 Å². The van der Waals surface area contributed by atoms with Crippen LogP contribution in [0, 0.1) is 0 Å². The van der Waals surface area contributed by atoms with Crippen LogP contribution in [0.4, 0.5) is 0 Å². The van der Waals surface area contributed by atoms with Crippen LogP contribution in [0.5, 0.6) is 0 Å². The lowest BCUT2D eigenvalue weighted by Crippen LogP contribution is -2.42. The van der Waals surface area contributed by atoms with E-state index in [-0.39, 0.29) is 12.5 Å². The van der Waals surface area contributed by atoms with Crippen LogP contribution in [0.3, 0.4) is 0 Å². The van der Waals surface area contributed by atoms with Crippen molar-refractivity contribution in [3.05, 3.63) is 29.0 Å². The molecular formula is C12H15ClN2O3. The lowest BCUT2D eigenvalue weighted by molar-refractivity contribution is -0.142. The first-order valence-corrected chi connectivity index (χ1v) is 6.17.